The molecule has 208 valence electrons. The number of nitrogens with zero attached hydrogens (tertiary/aromatic N) is 1. The molecule has 9 nitrogen and oxygen atoms in total. The summed E-state index contributed by atoms with van der Waals surface area (Å²) in [5.41, 5.74) is -0.673. The van der Waals surface area contributed by atoms with E-state index in [1.165, 1.54) is 0 Å². The summed E-state index contributed by atoms with van der Waals surface area (Å²) in [6, 6.07) is 15.4. The minimum atomic E-state index is -1.08. The van der Waals surface area contributed by atoms with E-state index in [0.717, 1.165) is 12.8 Å². The van der Waals surface area contributed by atoms with Gasteiger partial charge in [0.2, 0.25) is 17.7 Å². The van der Waals surface area contributed by atoms with Gasteiger partial charge in [-0.15, -0.1) is 0 Å². The molecule has 2 aromatic carbocycles. The van der Waals surface area contributed by atoms with E-state index in [2.05, 4.69) is 10.6 Å². The van der Waals surface area contributed by atoms with Crippen LogP contribution in [0.5, 0.6) is 5.75 Å². The number of likely N-dealkylation sites (tertiary alicyclic amines) is 1. The van der Waals surface area contributed by atoms with Gasteiger partial charge in [0.1, 0.15) is 17.4 Å². The Bertz CT molecular complexity index is 1200. The molecule has 0 aromatic heterocycles. The Hall–Kier alpha value is -3.43. The molecule has 3 N–H and O–H groups in total. The van der Waals surface area contributed by atoms with Gasteiger partial charge in [-0.25, -0.2) is 0 Å². The smallest absolute Gasteiger partial charge is 0.250 e. The second-order valence-electron chi connectivity index (χ2n) is 11.0. The summed E-state index contributed by atoms with van der Waals surface area (Å²) in [5, 5.41) is 15.1. The third-order valence-corrected chi connectivity index (χ3v) is 8.51. The summed E-state index contributed by atoms with van der Waals surface area (Å²) in [5.74, 6) is -1.57. The van der Waals surface area contributed by atoms with Crippen LogP contribution in [-0.2, 0) is 19.1 Å². The number of carbonyl (C=O) groups excluding carboxylic acids is 3. The lowest BCUT2D eigenvalue weighted by atomic mass is 9.66. The van der Waals surface area contributed by atoms with Crippen LogP contribution in [-0.4, -0.2) is 65.2 Å². The van der Waals surface area contributed by atoms with Gasteiger partial charge in [-0.3, -0.25) is 14.4 Å². The van der Waals surface area contributed by atoms with Crippen molar-refractivity contribution in [1.29, 1.82) is 0 Å². The maximum atomic E-state index is 14.1. The molecule has 5 atom stereocenters. The second kappa shape index (κ2) is 11.0. The first kappa shape index (κ1) is 27.1. The largest absolute Gasteiger partial charge is 0.497 e. The highest BCUT2D eigenvalue weighted by atomic mass is 16.5. The van der Waals surface area contributed by atoms with Gasteiger partial charge in [-0.05, 0) is 69.0 Å². The zero-order valence-electron chi connectivity index (χ0n) is 22.5. The number of rotatable bonds is 11. The molecule has 2 unspecified atom stereocenters. The van der Waals surface area contributed by atoms with Crippen molar-refractivity contribution < 1.29 is 29.0 Å². The topological polar surface area (TPSA) is 117 Å². The van der Waals surface area contributed by atoms with Gasteiger partial charge in [-0.2, -0.15) is 0 Å². The van der Waals surface area contributed by atoms with Crippen LogP contribution in [0.25, 0.3) is 0 Å². The van der Waals surface area contributed by atoms with Crippen molar-refractivity contribution in [2.75, 3.05) is 30.9 Å². The molecule has 2 bridgehead atoms. The highest BCUT2D eigenvalue weighted by Gasteiger charge is 2.77. The van der Waals surface area contributed by atoms with E-state index in [1.807, 2.05) is 37.3 Å². The highest BCUT2D eigenvalue weighted by molar-refractivity contribution is 6.05. The zero-order chi connectivity index (χ0) is 27.6. The van der Waals surface area contributed by atoms with Gasteiger partial charge in [0.05, 0.1) is 24.5 Å². The zero-order valence-corrected chi connectivity index (χ0v) is 22.5. The number of anilines is 2. The highest BCUT2D eigenvalue weighted by Crippen LogP contribution is 2.63. The first-order valence-corrected chi connectivity index (χ1v) is 13.8. The van der Waals surface area contributed by atoms with Crippen LogP contribution in [0.15, 0.2) is 54.6 Å². The Morgan fingerprint density at radius 1 is 0.974 bits per heavy atom. The average Bonchev–Trinajstić information content (AvgIpc) is 3.50. The summed E-state index contributed by atoms with van der Waals surface area (Å²) in [4.78, 5) is 43.3. The molecule has 0 radical (unpaired) electrons. The number of fused-ring (bicyclic) bond motifs is 1. The van der Waals surface area contributed by atoms with E-state index in [0.29, 0.717) is 49.4 Å². The number of hydrogen-bond acceptors (Lipinski definition) is 6. The van der Waals surface area contributed by atoms with Gasteiger partial charge in [0.25, 0.3) is 0 Å². The Labute approximate surface area is 228 Å². The molecule has 3 heterocycles. The second-order valence-corrected chi connectivity index (χ2v) is 11.0. The van der Waals surface area contributed by atoms with E-state index in [4.69, 9.17) is 14.6 Å². The third kappa shape index (κ3) is 4.89. The summed E-state index contributed by atoms with van der Waals surface area (Å²) >= 11 is 0. The molecule has 39 heavy (non-hydrogen) atoms. The van der Waals surface area contributed by atoms with Crippen LogP contribution < -0.4 is 15.4 Å². The van der Waals surface area contributed by atoms with Crippen LogP contribution in [0.3, 0.4) is 0 Å². The standard InChI is InChI=1S/C30H37N3O6/c1-29-16-17-30(39-29)24(23(29)26(35)31-20-10-6-5-7-11-20)28(37)33(18-8-3-4-9-19-34)25(30)27(36)32-21-12-14-22(38-2)15-13-21/h5-7,10-15,23-25,34H,3-4,8-9,16-19H2,1-2H3,(H,31,35)(H,32,36)/t23-,24-,25?,29+,30?/m0/s1. The van der Waals surface area contributed by atoms with Crippen molar-refractivity contribution in [1.82, 2.24) is 4.90 Å². The monoisotopic (exact) mass is 535 g/mol. The number of para-hydroxylation sites is 1. The van der Waals surface area contributed by atoms with Crippen molar-refractivity contribution in [3.8, 4) is 5.75 Å². The van der Waals surface area contributed by atoms with Crippen molar-refractivity contribution in [3.05, 3.63) is 54.6 Å². The fraction of sp³-hybridized carbons (Fsp3) is 0.500. The molecule has 1 spiro atoms. The molecule has 0 saturated carbocycles. The summed E-state index contributed by atoms with van der Waals surface area (Å²) in [6.07, 6.45) is 4.17. The molecular formula is C30H37N3O6. The van der Waals surface area contributed by atoms with Crippen LogP contribution in [0.1, 0.15) is 45.4 Å². The molecular weight excluding hydrogens is 498 g/mol. The van der Waals surface area contributed by atoms with E-state index in [-0.39, 0.29) is 24.3 Å². The fourth-order valence-electron chi connectivity index (χ4n) is 6.74. The molecule has 2 aromatic rings. The summed E-state index contributed by atoms with van der Waals surface area (Å²) < 4.78 is 11.9. The van der Waals surface area contributed by atoms with E-state index >= 15 is 0 Å². The third-order valence-electron chi connectivity index (χ3n) is 8.51. The minimum absolute atomic E-state index is 0.130. The van der Waals surface area contributed by atoms with Crippen LogP contribution in [0.4, 0.5) is 11.4 Å². The van der Waals surface area contributed by atoms with E-state index < -0.39 is 29.1 Å². The molecule has 3 aliphatic heterocycles. The number of aliphatic hydroxyl groups is 1. The first-order valence-electron chi connectivity index (χ1n) is 13.8. The maximum Gasteiger partial charge on any atom is 0.250 e. The number of ether oxygens (including phenoxy) is 2. The lowest BCUT2D eigenvalue weighted by molar-refractivity contribution is -0.143. The molecule has 3 amide bonds. The SMILES string of the molecule is COc1ccc(NC(=O)C2N(CCCCCCO)C(=O)[C@@H]3[C@@H](C(=O)Nc4ccccc4)[C@@]4(C)CCC23O4)cc1. The Balaban J connectivity index is 1.44. The molecule has 0 aliphatic carbocycles. The number of amides is 3. The fourth-order valence-corrected chi connectivity index (χ4v) is 6.74. The maximum absolute atomic E-state index is 14.1. The normalized spacial score (nSPS) is 28.8. The van der Waals surface area contributed by atoms with Crippen LogP contribution in [0, 0.1) is 11.8 Å². The molecule has 3 saturated heterocycles. The van der Waals surface area contributed by atoms with Crippen molar-refractivity contribution >= 4 is 29.1 Å². The van der Waals surface area contributed by atoms with E-state index in [9.17, 15) is 14.4 Å². The Morgan fingerprint density at radius 2 is 1.64 bits per heavy atom. The Morgan fingerprint density at radius 3 is 2.33 bits per heavy atom. The lowest BCUT2D eigenvalue weighted by Gasteiger charge is -2.33. The number of unbranched alkanes of at least 4 members (excludes halogenated alkanes) is 3. The average molecular weight is 536 g/mol. The summed E-state index contributed by atoms with van der Waals surface area (Å²) in [6.45, 7) is 2.40. The van der Waals surface area contributed by atoms with Crippen molar-refractivity contribution in [2.24, 2.45) is 11.8 Å². The Kier molecular flexibility index (Phi) is 7.64. The number of benzene rings is 2. The lowest BCUT2D eigenvalue weighted by Crippen LogP contribution is -2.53. The van der Waals surface area contributed by atoms with Gasteiger partial charge in [-0.1, -0.05) is 31.0 Å². The van der Waals surface area contributed by atoms with Crippen molar-refractivity contribution in [3.63, 3.8) is 0 Å². The predicted octanol–water partition coefficient (Wildman–Crippen LogP) is 3.59. The van der Waals surface area contributed by atoms with Gasteiger partial charge in [0, 0.05) is 24.5 Å². The number of hydrogen-bond donors (Lipinski definition) is 3. The number of aliphatic hydroxyl groups excluding tert-OH is 1. The van der Waals surface area contributed by atoms with Gasteiger partial charge in [0.15, 0.2) is 0 Å². The molecule has 3 fully saturated rings. The quantitative estimate of drug-likeness (QED) is 0.379. The molecule has 5 rings (SSSR count). The van der Waals surface area contributed by atoms with Crippen LogP contribution in [0.2, 0.25) is 0 Å². The number of carbonyl (C=O) groups is 3. The van der Waals surface area contributed by atoms with Gasteiger partial charge >= 0.3 is 0 Å². The number of methoxy groups -OCH3 is 1. The number of nitrogens with one attached hydrogen (secondary N) is 2. The molecule has 9 heteroatoms. The van der Waals surface area contributed by atoms with E-state index in [1.54, 1.807) is 36.3 Å². The minimum Gasteiger partial charge on any atom is -0.497 e. The summed E-state index contributed by atoms with van der Waals surface area (Å²) in [7, 11) is 1.58. The van der Waals surface area contributed by atoms with Gasteiger partial charge < -0.3 is 30.1 Å². The van der Waals surface area contributed by atoms with Crippen molar-refractivity contribution in [2.45, 2.75) is 62.7 Å². The van der Waals surface area contributed by atoms with Crippen LogP contribution >= 0.6 is 0 Å². The first-order chi connectivity index (χ1) is 18.8. The molecule has 3 aliphatic rings. The predicted molar refractivity (Wildman–Crippen MR) is 146 cm³/mol.